The van der Waals surface area contributed by atoms with Crippen LogP contribution in [-0.2, 0) is 24.1 Å². The number of likely N-dealkylation sites (tertiary alicyclic amines) is 1. The summed E-state index contributed by atoms with van der Waals surface area (Å²) in [6.45, 7) is 5.60. The maximum atomic E-state index is 12.5. The van der Waals surface area contributed by atoms with E-state index in [1.807, 2.05) is 4.90 Å². The predicted molar refractivity (Wildman–Crippen MR) is 89.0 cm³/mol. The van der Waals surface area contributed by atoms with Crippen molar-refractivity contribution in [3.8, 4) is 0 Å². The van der Waals surface area contributed by atoms with E-state index in [9.17, 15) is 4.79 Å². The lowest BCUT2D eigenvalue weighted by Crippen LogP contribution is -2.39. The highest BCUT2D eigenvalue weighted by atomic mass is 16.6. The molecule has 0 saturated carbocycles. The Morgan fingerprint density at radius 2 is 2.00 bits per heavy atom. The molecule has 1 fully saturated rings. The van der Waals surface area contributed by atoms with Crippen molar-refractivity contribution < 1.29 is 13.9 Å². The largest absolute Gasteiger partial charge is 0.361 e. The average Bonchev–Trinajstić information content (AvgIpc) is 3.21. The van der Waals surface area contributed by atoms with Gasteiger partial charge < -0.3 is 9.42 Å². The minimum Gasteiger partial charge on any atom is -0.361 e. The van der Waals surface area contributed by atoms with Gasteiger partial charge in [-0.2, -0.15) is 0 Å². The fourth-order valence-electron chi connectivity index (χ4n) is 3.98. The van der Waals surface area contributed by atoms with E-state index >= 15 is 0 Å². The van der Waals surface area contributed by atoms with Gasteiger partial charge in [-0.25, -0.2) is 4.63 Å². The average molecular weight is 344 g/mol. The highest BCUT2D eigenvalue weighted by Crippen LogP contribution is 2.36. The van der Waals surface area contributed by atoms with Crippen molar-refractivity contribution >= 4 is 5.91 Å². The van der Waals surface area contributed by atoms with Crippen molar-refractivity contribution in [2.75, 3.05) is 13.1 Å². The third kappa shape index (κ3) is 3.19. The lowest BCUT2D eigenvalue weighted by Gasteiger charge is -2.31. The van der Waals surface area contributed by atoms with Gasteiger partial charge in [0.15, 0.2) is 0 Å². The molecule has 2 aliphatic rings. The standard InChI is InChI=1S/C18H24N4O3/c1-11-3-4-15-14(9-11)18(24-20-15)13-5-7-22(8-6-13)17(23)10-16-12(2)19-25-21-16/h11,13H,3-10H2,1-2H3. The van der Waals surface area contributed by atoms with Gasteiger partial charge >= 0.3 is 0 Å². The van der Waals surface area contributed by atoms with Crippen molar-refractivity contribution in [1.29, 1.82) is 0 Å². The van der Waals surface area contributed by atoms with Crippen LogP contribution in [0.15, 0.2) is 9.15 Å². The number of nitrogens with zero attached hydrogens (tertiary/aromatic N) is 4. The van der Waals surface area contributed by atoms with E-state index in [4.69, 9.17) is 4.52 Å². The van der Waals surface area contributed by atoms with Crippen LogP contribution in [0.3, 0.4) is 0 Å². The molecule has 0 radical (unpaired) electrons. The first-order valence-electron chi connectivity index (χ1n) is 9.15. The quantitative estimate of drug-likeness (QED) is 0.850. The molecule has 25 heavy (non-hydrogen) atoms. The van der Waals surface area contributed by atoms with Crippen molar-refractivity contribution in [1.82, 2.24) is 20.4 Å². The Balaban J connectivity index is 1.38. The van der Waals surface area contributed by atoms with E-state index in [2.05, 4.69) is 27.0 Å². The Hall–Kier alpha value is -2.18. The molecule has 2 aromatic rings. The third-order valence-electron chi connectivity index (χ3n) is 5.61. The molecule has 0 bridgehead atoms. The van der Waals surface area contributed by atoms with Gasteiger partial charge in [-0.15, -0.1) is 0 Å². The van der Waals surface area contributed by atoms with E-state index in [1.54, 1.807) is 6.92 Å². The van der Waals surface area contributed by atoms with Gasteiger partial charge in [0.05, 0.1) is 12.1 Å². The Morgan fingerprint density at radius 3 is 2.72 bits per heavy atom. The van der Waals surface area contributed by atoms with E-state index in [0.717, 1.165) is 50.2 Å². The van der Waals surface area contributed by atoms with Crippen molar-refractivity contribution in [2.45, 2.75) is 58.3 Å². The summed E-state index contributed by atoms with van der Waals surface area (Å²) in [6, 6.07) is 0. The molecule has 1 saturated heterocycles. The molecular weight excluding hydrogens is 320 g/mol. The first kappa shape index (κ1) is 16.3. The molecule has 1 atom stereocenters. The number of carbonyl (C=O) groups excluding carboxylic acids is 1. The van der Waals surface area contributed by atoms with Crippen LogP contribution >= 0.6 is 0 Å². The fraction of sp³-hybridized carbons (Fsp3) is 0.667. The highest BCUT2D eigenvalue weighted by molar-refractivity contribution is 5.78. The zero-order chi connectivity index (χ0) is 17.4. The van der Waals surface area contributed by atoms with Gasteiger partial charge in [-0.1, -0.05) is 22.4 Å². The van der Waals surface area contributed by atoms with Gasteiger partial charge in [-0.3, -0.25) is 4.79 Å². The van der Waals surface area contributed by atoms with Crippen LogP contribution in [0, 0.1) is 12.8 Å². The zero-order valence-corrected chi connectivity index (χ0v) is 14.8. The number of hydrogen-bond donors (Lipinski definition) is 0. The summed E-state index contributed by atoms with van der Waals surface area (Å²) in [5.41, 5.74) is 3.81. The van der Waals surface area contributed by atoms with E-state index in [-0.39, 0.29) is 12.3 Å². The van der Waals surface area contributed by atoms with Crippen molar-refractivity contribution in [3.63, 3.8) is 0 Å². The molecule has 0 spiro atoms. The molecule has 0 aromatic carbocycles. The van der Waals surface area contributed by atoms with Crippen LogP contribution in [0.2, 0.25) is 0 Å². The maximum Gasteiger partial charge on any atom is 0.228 e. The van der Waals surface area contributed by atoms with Crippen LogP contribution in [0.4, 0.5) is 0 Å². The topological polar surface area (TPSA) is 85.3 Å². The van der Waals surface area contributed by atoms with Crippen LogP contribution in [0.25, 0.3) is 0 Å². The summed E-state index contributed by atoms with van der Waals surface area (Å²) in [7, 11) is 0. The summed E-state index contributed by atoms with van der Waals surface area (Å²) in [5, 5.41) is 11.8. The van der Waals surface area contributed by atoms with E-state index in [1.165, 1.54) is 12.0 Å². The number of amides is 1. The number of carbonyl (C=O) groups is 1. The Labute approximate surface area is 146 Å². The monoisotopic (exact) mass is 344 g/mol. The van der Waals surface area contributed by atoms with Gasteiger partial charge in [0.1, 0.15) is 17.1 Å². The lowest BCUT2D eigenvalue weighted by atomic mass is 9.83. The van der Waals surface area contributed by atoms with Crippen molar-refractivity contribution in [3.05, 3.63) is 28.4 Å². The summed E-state index contributed by atoms with van der Waals surface area (Å²) in [4.78, 5) is 14.4. The molecule has 1 amide bonds. The number of piperidine rings is 1. The van der Waals surface area contributed by atoms with Crippen LogP contribution in [0.1, 0.15) is 60.5 Å². The molecular formula is C18H24N4O3. The summed E-state index contributed by atoms with van der Waals surface area (Å²) >= 11 is 0. The Morgan fingerprint density at radius 1 is 1.20 bits per heavy atom. The summed E-state index contributed by atoms with van der Waals surface area (Å²) in [6.07, 6.45) is 5.42. The predicted octanol–water partition coefficient (Wildman–Crippen LogP) is 2.44. The lowest BCUT2D eigenvalue weighted by molar-refractivity contribution is -0.131. The normalized spacial score (nSPS) is 21.4. The smallest absolute Gasteiger partial charge is 0.228 e. The van der Waals surface area contributed by atoms with Crippen LogP contribution in [-0.4, -0.2) is 39.4 Å². The second-order valence-corrected chi connectivity index (χ2v) is 7.45. The molecule has 2 aromatic heterocycles. The van der Waals surface area contributed by atoms with Crippen LogP contribution in [0.5, 0.6) is 0 Å². The van der Waals surface area contributed by atoms with Crippen molar-refractivity contribution in [2.24, 2.45) is 5.92 Å². The number of aromatic nitrogens is 3. The molecule has 0 N–H and O–H groups in total. The molecule has 7 nitrogen and oxygen atoms in total. The number of fused-ring (bicyclic) bond motifs is 1. The van der Waals surface area contributed by atoms with Gasteiger partial charge in [-0.05, 0) is 44.9 Å². The maximum absolute atomic E-state index is 12.5. The minimum absolute atomic E-state index is 0.0884. The number of hydrogen-bond acceptors (Lipinski definition) is 6. The van der Waals surface area contributed by atoms with E-state index < -0.39 is 0 Å². The minimum atomic E-state index is 0.0884. The fourth-order valence-corrected chi connectivity index (χ4v) is 3.98. The molecule has 7 heteroatoms. The Kier molecular flexibility index (Phi) is 4.31. The summed E-state index contributed by atoms with van der Waals surface area (Å²) < 4.78 is 10.4. The first-order chi connectivity index (χ1) is 12.1. The third-order valence-corrected chi connectivity index (χ3v) is 5.61. The highest BCUT2D eigenvalue weighted by Gasteiger charge is 2.31. The molecule has 4 rings (SSSR count). The summed E-state index contributed by atoms with van der Waals surface area (Å²) in [5.74, 6) is 2.24. The second-order valence-electron chi connectivity index (χ2n) is 7.45. The van der Waals surface area contributed by atoms with Gasteiger partial charge in [0, 0.05) is 24.6 Å². The second kappa shape index (κ2) is 6.61. The Bertz CT molecular complexity index is 758. The van der Waals surface area contributed by atoms with Crippen LogP contribution < -0.4 is 0 Å². The molecule has 134 valence electrons. The zero-order valence-electron chi connectivity index (χ0n) is 14.8. The first-order valence-corrected chi connectivity index (χ1v) is 9.15. The SMILES string of the molecule is Cc1nonc1CC(=O)N1CCC(c2onc3c2CC(C)CC3)CC1. The molecule has 1 unspecified atom stereocenters. The molecule has 3 heterocycles. The van der Waals surface area contributed by atoms with E-state index in [0.29, 0.717) is 23.2 Å². The molecule has 1 aliphatic carbocycles. The van der Waals surface area contributed by atoms with Gasteiger partial charge in [0.25, 0.3) is 0 Å². The molecule has 1 aliphatic heterocycles. The number of aryl methyl sites for hydroxylation is 2. The number of rotatable bonds is 3. The van der Waals surface area contributed by atoms with Gasteiger partial charge in [0.2, 0.25) is 5.91 Å².